The SMILES string of the molecule is CC(=O)c1cccc2cc(C(=O)NCc3ccc(F)cc3F)c(=O)n(O)c12. The fraction of sp³-hybridized carbons (Fsp3) is 0.105. The van der Waals surface area contributed by atoms with Crippen molar-refractivity contribution in [2.45, 2.75) is 13.5 Å². The molecule has 2 N–H and O–H groups in total. The highest BCUT2D eigenvalue weighted by molar-refractivity contribution is 6.07. The second-order valence-corrected chi connectivity index (χ2v) is 5.89. The summed E-state index contributed by atoms with van der Waals surface area (Å²) in [6, 6.07) is 8.69. The topological polar surface area (TPSA) is 88.4 Å². The van der Waals surface area contributed by atoms with Gasteiger partial charge in [0, 0.05) is 29.1 Å². The lowest BCUT2D eigenvalue weighted by atomic mass is 10.0. The van der Waals surface area contributed by atoms with Gasteiger partial charge in [0.15, 0.2) is 5.78 Å². The minimum atomic E-state index is -1.02. The van der Waals surface area contributed by atoms with E-state index in [1.54, 1.807) is 6.07 Å². The number of pyridine rings is 1. The lowest BCUT2D eigenvalue weighted by molar-refractivity contribution is 0.0943. The number of para-hydroxylation sites is 1. The number of amides is 1. The van der Waals surface area contributed by atoms with Gasteiger partial charge in [-0.15, -0.1) is 4.73 Å². The van der Waals surface area contributed by atoms with E-state index in [1.807, 2.05) is 0 Å². The van der Waals surface area contributed by atoms with Crippen molar-refractivity contribution in [2.24, 2.45) is 0 Å². The van der Waals surface area contributed by atoms with Crippen molar-refractivity contribution in [3.63, 3.8) is 0 Å². The van der Waals surface area contributed by atoms with Crippen molar-refractivity contribution in [3.05, 3.63) is 81.1 Å². The lowest BCUT2D eigenvalue weighted by Gasteiger charge is -2.11. The van der Waals surface area contributed by atoms with Crippen molar-refractivity contribution in [1.82, 2.24) is 10.0 Å². The first-order chi connectivity index (χ1) is 12.8. The van der Waals surface area contributed by atoms with Crippen molar-refractivity contribution in [1.29, 1.82) is 0 Å². The molecule has 0 spiro atoms. The highest BCUT2D eigenvalue weighted by atomic mass is 19.1. The summed E-state index contributed by atoms with van der Waals surface area (Å²) in [6.07, 6.45) is 0. The number of halogens is 2. The van der Waals surface area contributed by atoms with Crippen LogP contribution in [-0.4, -0.2) is 21.6 Å². The van der Waals surface area contributed by atoms with Crippen LogP contribution in [0.25, 0.3) is 10.9 Å². The molecule has 0 atom stereocenters. The van der Waals surface area contributed by atoms with Gasteiger partial charge in [-0.05, 0) is 25.1 Å². The highest BCUT2D eigenvalue weighted by Crippen LogP contribution is 2.18. The highest BCUT2D eigenvalue weighted by Gasteiger charge is 2.18. The molecule has 0 saturated heterocycles. The zero-order valence-corrected chi connectivity index (χ0v) is 14.1. The van der Waals surface area contributed by atoms with Crippen LogP contribution in [0.5, 0.6) is 0 Å². The Hall–Kier alpha value is -3.55. The first-order valence-electron chi connectivity index (χ1n) is 7.90. The maximum Gasteiger partial charge on any atom is 0.296 e. The first-order valence-corrected chi connectivity index (χ1v) is 7.90. The Kier molecular flexibility index (Phi) is 4.72. The minimum Gasteiger partial charge on any atom is -0.425 e. The number of carbonyl (C=O) groups excluding carboxylic acids is 2. The molecular weight excluding hydrogens is 358 g/mol. The van der Waals surface area contributed by atoms with E-state index in [0.717, 1.165) is 6.07 Å². The number of hydrogen-bond donors (Lipinski definition) is 2. The smallest absolute Gasteiger partial charge is 0.296 e. The third-order valence-electron chi connectivity index (χ3n) is 4.08. The van der Waals surface area contributed by atoms with Gasteiger partial charge in [0.25, 0.3) is 11.5 Å². The normalized spacial score (nSPS) is 10.8. The number of Topliss-reactive ketones (excluding diaryl/α,β-unsaturated/α-hetero) is 1. The Morgan fingerprint density at radius 3 is 2.52 bits per heavy atom. The molecule has 0 saturated carbocycles. The minimum absolute atomic E-state index is 0.00358. The Morgan fingerprint density at radius 2 is 1.85 bits per heavy atom. The third kappa shape index (κ3) is 3.41. The summed E-state index contributed by atoms with van der Waals surface area (Å²) in [5.41, 5.74) is -1.24. The van der Waals surface area contributed by atoms with Crippen LogP contribution in [0, 0.1) is 11.6 Å². The number of benzene rings is 2. The van der Waals surface area contributed by atoms with Crippen LogP contribution in [0.2, 0.25) is 0 Å². The number of nitrogens with one attached hydrogen (secondary N) is 1. The van der Waals surface area contributed by atoms with Crippen molar-refractivity contribution < 1.29 is 23.6 Å². The fourth-order valence-electron chi connectivity index (χ4n) is 2.73. The third-order valence-corrected chi connectivity index (χ3v) is 4.08. The van der Waals surface area contributed by atoms with Gasteiger partial charge < -0.3 is 10.5 Å². The largest absolute Gasteiger partial charge is 0.425 e. The molecule has 3 aromatic rings. The van der Waals surface area contributed by atoms with Gasteiger partial charge in [-0.3, -0.25) is 14.4 Å². The average molecular weight is 372 g/mol. The van der Waals surface area contributed by atoms with E-state index in [2.05, 4.69) is 5.32 Å². The van der Waals surface area contributed by atoms with Crippen LogP contribution in [0.1, 0.15) is 33.2 Å². The van der Waals surface area contributed by atoms with Crippen molar-refractivity contribution in [3.8, 4) is 0 Å². The van der Waals surface area contributed by atoms with E-state index in [0.29, 0.717) is 11.5 Å². The number of carbonyl (C=O) groups is 2. The van der Waals surface area contributed by atoms with Crippen LogP contribution in [0.4, 0.5) is 8.78 Å². The Balaban J connectivity index is 1.97. The first kappa shape index (κ1) is 18.2. The summed E-state index contributed by atoms with van der Waals surface area (Å²) in [6.45, 7) is 1.01. The molecule has 27 heavy (non-hydrogen) atoms. The quantitative estimate of drug-likeness (QED) is 0.544. The molecule has 1 amide bonds. The van der Waals surface area contributed by atoms with Crippen LogP contribution >= 0.6 is 0 Å². The molecule has 1 heterocycles. The number of nitrogens with zero attached hydrogens (tertiary/aromatic N) is 1. The molecule has 8 heteroatoms. The molecule has 0 aliphatic rings. The molecule has 0 aliphatic heterocycles. The second-order valence-electron chi connectivity index (χ2n) is 5.89. The molecule has 0 bridgehead atoms. The summed E-state index contributed by atoms with van der Waals surface area (Å²) in [5.74, 6) is -2.78. The van der Waals surface area contributed by atoms with Crippen LogP contribution in [0.3, 0.4) is 0 Å². The Morgan fingerprint density at radius 1 is 1.11 bits per heavy atom. The van der Waals surface area contributed by atoms with E-state index in [9.17, 15) is 28.4 Å². The molecular formula is C19H14F2N2O4. The lowest BCUT2D eigenvalue weighted by Crippen LogP contribution is -2.32. The second kappa shape index (κ2) is 6.99. The summed E-state index contributed by atoms with van der Waals surface area (Å²) in [7, 11) is 0. The fourth-order valence-corrected chi connectivity index (χ4v) is 2.73. The van der Waals surface area contributed by atoms with Crippen LogP contribution in [0.15, 0.2) is 47.3 Å². The summed E-state index contributed by atoms with van der Waals surface area (Å²) in [5, 5.41) is 12.8. The molecule has 0 unspecified atom stereocenters. The van der Waals surface area contributed by atoms with E-state index in [1.165, 1.54) is 31.2 Å². The van der Waals surface area contributed by atoms with E-state index >= 15 is 0 Å². The van der Waals surface area contributed by atoms with Gasteiger partial charge in [0.05, 0.1) is 0 Å². The molecule has 0 radical (unpaired) electrons. The van der Waals surface area contributed by atoms with Gasteiger partial charge in [-0.25, -0.2) is 8.78 Å². The van der Waals surface area contributed by atoms with Gasteiger partial charge in [-0.2, -0.15) is 0 Å². The number of fused-ring (bicyclic) bond motifs is 1. The van der Waals surface area contributed by atoms with Crippen molar-refractivity contribution in [2.75, 3.05) is 0 Å². The van der Waals surface area contributed by atoms with Gasteiger partial charge in [-0.1, -0.05) is 18.2 Å². The molecule has 6 nitrogen and oxygen atoms in total. The summed E-state index contributed by atoms with van der Waals surface area (Å²) in [4.78, 5) is 36.4. The standard InChI is InChI=1S/C19H14F2N2O4/c1-10(24)14-4-2-3-11-7-15(19(26)23(27)17(11)14)18(25)22-9-12-5-6-13(20)8-16(12)21/h2-8,27H,9H2,1H3,(H,22,25). The number of ketones is 1. The predicted octanol–water partition coefficient (Wildman–Crippen LogP) is 2.65. The van der Waals surface area contributed by atoms with Crippen LogP contribution < -0.4 is 10.9 Å². The molecule has 3 rings (SSSR count). The number of hydrogen-bond acceptors (Lipinski definition) is 4. The molecule has 1 aromatic heterocycles. The maximum atomic E-state index is 13.6. The Bertz CT molecular complexity index is 1140. The zero-order valence-electron chi connectivity index (χ0n) is 14.1. The molecule has 0 fully saturated rings. The predicted molar refractivity (Wildman–Crippen MR) is 92.9 cm³/mol. The van der Waals surface area contributed by atoms with E-state index in [4.69, 9.17) is 0 Å². The van der Waals surface area contributed by atoms with Gasteiger partial charge in [0.2, 0.25) is 0 Å². The average Bonchev–Trinajstić information content (AvgIpc) is 2.63. The van der Waals surface area contributed by atoms with Crippen molar-refractivity contribution >= 4 is 22.6 Å². The monoisotopic (exact) mass is 372 g/mol. The number of rotatable bonds is 4. The van der Waals surface area contributed by atoms with E-state index < -0.39 is 23.1 Å². The zero-order chi connectivity index (χ0) is 19.7. The molecule has 138 valence electrons. The van der Waals surface area contributed by atoms with Crippen LogP contribution in [-0.2, 0) is 6.54 Å². The molecule has 0 aliphatic carbocycles. The number of aromatic nitrogens is 1. The van der Waals surface area contributed by atoms with Gasteiger partial charge >= 0.3 is 0 Å². The Labute approximate surface area is 151 Å². The molecule has 2 aromatic carbocycles. The van der Waals surface area contributed by atoms with E-state index in [-0.39, 0.29) is 39.3 Å². The summed E-state index contributed by atoms with van der Waals surface area (Å²) < 4.78 is 26.8. The van der Waals surface area contributed by atoms with Gasteiger partial charge in [0.1, 0.15) is 22.7 Å². The maximum absolute atomic E-state index is 13.6. The summed E-state index contributed by atoms with van der Waals surface area (Å²) >= 11 is 0.